The molecule has 1 aliphatic heterocycles. The highest BCUT2D eigenvalue weighted by molar-refractivity contribution is 5.35. The molecule has 0 saturated carbocycles. The van der Waals surface area contributed by atoms with Crippen LogP contribution in [-0.2, 0) is 0 Å². The van der Waals surface area contributed by atoms with Crippen molar-refractivity contribution >= 4 is 5.69 Å². The number of aliphatic hydroxyl groups excluding tert-OH is 1. The van der Waals surface area contributed by atoms with Crippen molar-refractivity contribution in [1.82, 2.24) is 9.80 Å². The fourth-order valence-electron chi connectivity index (χ4n) is 2.90. The number of hydrogen-bond donors (Lipinski definition) is 1. The van der Waals surface area contributed by atoms with Crippen LogP contribution in [0, 0.1) is 10.1 Å². The lowest BCUT2D eigenvalue weighted by atomic mass is 10.1. The van der Waals surface area contributed by atoms with E-state index in [9.17, 15) is 28.4 Å². The number of nitro benzene ring substituents is 1. The number of β-amino-alcohol motifs (C(OH)–C–C–N with tert-alkyl or cyclic N) is 1. The lowest BCUT2D eigenvalue weighted by Crippen LogP contribution is -2.54. The van der Waals surface area contributed by atoms with Crippen LogP contribution in [0.1, 0.15) is 18.6 Å². The van der Waals surface area contributed by atoms with Gasteiger partial charge in [0.05, 0.1) is 17.6 Å². The van der Waals surface area contributed by atoms with Crippen LogP contribution >= 0.6 is 0 Å². The molecule has 1 heterocycles. The van der Waals surface area contributed by atoms with Gasteiger partial charge in [0.2, 0.25) is 0 Å². The zero-order valence-corrected chi connectivity index (χ0v) is 13.2. The molecular weight excluding hydrogens is 327 g/mol. The van der Waals surface area contributed by atoms with Gasteiger partial charge in [-0.3, -0.25) is 19.9 Å². The highest BCUT2D eigenvalue weighted by Crippen LogP contribution is 2.23. The largest absolute Gasteiger partial charge is 0.401 e. The van der Waals surface area contributed by atoms with E-state index in [-0.39, 0.29) is 24.8 Å². The molecule has 0 spiro atoms. The molecule has 0 radical (unpaired) electrons. The number of hydrogen-bond acceptors (Lipinski definition) is 5. The minimum Gasteiger partial charge on any atom is -0.387 e. The summed E-state index contributed by atoms with van der Waals surface area (Å²) >= 11 is 0. The fourth-order valence-corrected chi connectivity index (χ4v) is 2.90. The smallest absolute Gasteiger partial charge is 0.387 e. The number of aliphatic hydroxyl groups is 1. The minimum atomic E-state index is -4.22. The number of nitrogens with zero attached hydrogens (tertiary/aromatic N) is 3. The second kappa shape index (κ2) is 7.45. The monoisotopic (exact) mass is 347 g/mol. The summed E-state index contributed by atoms with van der Waals surface area (Å²) in [5, 5.41) is 21.0. The Balaban J connectivity index is 1.93. The Morgan fingerprint density at radius 3 is 2.71 bits per heavy atom. The van der Waals surface area contributed by atoms with Gasteiger partial charge >= 0.3 is 6.18 Å². The molecule has 2 rings (SSSR count). The molecule has 6 nitrogen and oxygen atoms in total. The molecule has 0 aromatic heterocycles. The van der Waals surface area contributed by atoms with E-state index in [1.807, 2.05) is 4.90 Å². The molecule has 1 aromatic rings. The SMILES string of the molecule is CC1CN(CC(O)c2cccc([N+](=O)[O-])c2)CCN1CC(F)(F)F. The van der Waals surface area contributed by atoms with E-state index >= 15 is 0 Å². The maximum atomic E-state index is 12.5. The van der Waals surface area contributed by atoms with Crippen LogP contribution < -0.4 is 0 Å². The second-order valence-electron chi connectivity index (χ2n) is 6.06. The molecule has 0 bridgehead atoms. The van der Waals surface area contributed by atoms with E-state index in [0.717, 1.165) is 0 Å². The van der Waals surface area contributed by atoms with Crippen LogP contribution in [0.15, 0.2) is 24.3 Å². The summed E-state index contributed by atoms with van der Waals surface area (Å²) in [4.78, 5) is 13.5. The van der Waals surface area contributed by atoms with E-state index in [2.05, 4.69) is 0 Å². The van der Waals surface area contributed by atoms with Gasteiger partial charge in [0, 0.05) is 44.4 Å². The fraction of sp³-hybridized carbons (Fsp3) is 0.600. The first kappa shape index (κ1) is 18.6. The van der Waals surface area contributed by atoms with E-state index in [4.69, 9.17) is 0 Å². The molecule has 1 aromatic carbocycles. The van der Waals surface area contributed by atoms with Crippen molar-refractivity contribution in [1.29, 1.82) is 0 Å². The zero-order valence-electron chi connectivity index (χ0n) is 13.2. The van der Waals surface area contributed by atoms with E-state index in [1.165, 1.54) is 23.1 Å². The Morgan fingerprint density at radius 2 is 2.12 bits per heavy atom. The Hall–Kier alpha value is -1.71. The normalized spacial score (nSPS) is 21.6. The van der Waals surface area contributed by atoms with Crippen molar-refractivity contribution in [2.24, 2.45) is 0 Å². The van der Waals surface area contributed by atoms with Gasteiger partial charge in [-0.25, -0.2) is 0 Å². The molecule has 9 heteroatoms. The Kier molecular flexibility index (Phi) is 5.79. The van der Waals surface area contributed by atoms with Crippen molar-refractivity contribution in [3.8, 4) is 0 Å². The molecule has 134 valence electrons. The topological polar surface area (TPSA) is 69.8 Å². The van der Waals surface area contributed by atoms with Crippen molar-refractivity contribution in [2.75, 3.05) is 32.7 Å². The Morgan fingerprint density at radius 1 is 1.42 bits per heavy atom. The van der Waals surface area contributed by atoms with Gasteiger partial charge in [0.25, 0.3) is 5.69 Å². The molecule has 2 atom stereocenters. The van der Waals surface area contributed by atoms with Gasteiger partial charge in [0.1, 0.15) is 0 Å². The summed E-state index contributed by atoms with van der Waals surface area (Å²) in [5.74, 6) is 0. The Bertz CT molecular complexity index is 583. The molecule has 0 aliphatic carbocycles. The lowest BCUT2D eigenvalue weighted by Gasteiger charge is -2.40. The first-order valence-electron chi connectivity index (χ1n) is 7.61. The van der Waals surface area contributed by atoms with Crippen LogP contribution in [0.2, 0.25) is 0 Å². The molecule has 1 fully saturated rings. The summed E-state index contributed by atoms with van der Waals surface area (Å²) in [6.07, 6.45) is -5.15. The highest BCUT2D eigenvalue weighted by Gasteiger charge is 2.35. The maximum absolute atomic E-state index is 12.5. The van der Waals surface area contributed by atoms with Gasteiger partial charge < -0.3 is 5.11 Å². The second-order valence-corrected chi connectivity index (χ2v) is 6.06. The van der Waals surface area contributed by atoms with Crippen LogP contribution in [-0.4, -0.2) is 64.8 Å². The molecular formula is C15H20F3N3O3. The third-order valence-corrected chi connectivity index (χ3v) is 4.13. The lowest BCUT2D eigenvalue weighted by molar-refractivity contribution is -0.385. The summed E-state index contributed by atoms with van der Waals surface area (Å²) in [5.41, 5.74) is 0.324. The van der Waals surface area contributed by atoms with Gasteiger partial charge in [0.15, 0.2) is 0 Å². The first-order valence-corrected chi connectivity index (χ1v) is 7.61. The van der Waals surface area contributed by atoms with Gasteiger partial charge in [-0.1, -0.05) is 12.1 Å². The number of piperazine rings is 1. The summed E-state index contributed by atoms with van der Waals surface area (Å²) in [6, 6.07) is 5.47. The van der Waals surface area contributed by atoms with Crippen molar-refractivity contribution in [3.63, 3.8) is 0 Å². The number of rotatable bonds is 5. The average Bonchev–Trinajstić information content (AvgIpc) is 2.49. The van der Waals surface area contributed by atoms with Crippen molar-refractivity contribution in [3.05, 3.63) is 39.9 Å². The van der Waals surface area contributed by atoms with E-state index in [0.29, 0.717) is 18.7 Å². The van der Waals surface area contributed by atoms with Gasteiger partial charge in [-0.2, -0.15) is 13.2 Å². The summed E-state index contributed by atoms with van der Waals surface area (Å²) in [7, 11) is 0. The Labute approximate surface area is 137 Å². The first-order chi connectivity index (χ1) is 11.2. The van der Waals surface area contributed by atoms with Crippen molar-refractivity contribution in [2.45, 2.75) is 25.2 Å². The van der Waals surface area contributed by atoms with Gasteiger partial charge in [-0.05, 0) is 12.5 Å². The molecule has 24 heavy (non-hydrogen) atoms. The third kappa shape index (κ3) is 5.15. The summed E-state index contributed by atoms with van der Waals surface area (Å²) < 4.78 is 37.5. The van der Waals surface area contributed by atoms with Crippen LogP contribution in [0.3, 0.4) is 0 Å². The predicted octanol–water partition coefficient (Wildman–Crippen LogP) is 2.20. The number of benzene rings is 1. The highest BCUT2D eigenvalue weighted by atomic mass is 19.4. The number of non-ortho nitro benzene ring substituents is 1. The third-order valence-electron chi connectivity index (χ3n) is 4.13. The molecule has 2 unspecified atom stereocenters. The quantitative estimate of drug-likeness (QED) is 0.653. The maximum Gasteiger partial charge on any atom is 0.401 e. The molecule has 1 N–H and O–H groups in total. The standard InChI is InChI=1S/C15H20F3N3O3/c1-11-8-19(5-6-20(11)10-15(16,17)18)9-14(22)12-3-2-4-13(7-12)21(23)24/h2-4,7,11,14,22H,5-6,8-10H2,1H3. The molecule has 1 saturated heterocycles. The molecule has 0 amide bonds. The van der Waals surface area contributed by atoms with E-state index < -0.39 is 23.7 Å². The van der Waals surface area contributed by atoms with E-state index in [1.54, 1.807) is 13.0 Å². The van der Waals surface area contributed by atoms with Crippen LogP contribution in [0.25, 0.3) is 0 Å². The molecule has 1 aliphatic rings. The average molecular weight is 347 g/mol. The minimum absolute atomic E-state index is 0.102. The van der Waals surface area contributed by atoms with Crippen LogP contribution in [0.5, 0.6) is 0 Å². The zero-order chi connectivity index (χ0) is 17.9. The number of nitro groups is 1. The van der Waals surface area contributed by atoms with Gasteiger partial charge in [-0.15, -0.1) is 0 Å². The predicted molar refractivity (Wildman–Crippen MR) is 81.6 cm³/mol. The van der Waals surface area contributed by atoms with Crippen molar-refractivity contribution < 1.29 is 23.2 Å². The number of alkyl halides is 3. The van der Waals surface area contributed by atoms with Crippen LogP contribution in [0.4, 0.5) is 18.9 Å². The number of halogens is 3. The summed E-state index contributed by atoms with van der Waals surface area (Å²) in [6.45, 7) is 2.09.